The average molecular weight is 354 g/mol. The molecule has 2 amide bonds. The monoisotopic (exact) mass is 354 g/mol. The van der Waals surface area contributed by atoms with E-state index in [9.17, 15) is 9.59 Å². The summed E-state index contributed by atoms with van der Waals surface area (Å²) in [5, 5.41) is 2.69. The van der Waals surface area contributed by atoms with E-state index in [1.807, 2.05) is 56.0 Å². The third-order valence-electron chi connectivity index (χ3n) is 3.83. The number of carbonyl (C=O) groups excluding carboxylic acids is 2. The molecule has 0 fully saturated rings. The van der Waals surface area contributed by atoms with Gasteiger partial charge < -0.3 is 15.0 Å². The minimum atomic E-state index is -0.314. The van der Waals surface area contributed by atoms with Crippen LogP contribution >= 0.6 is 0 Å². The van der Waals surface area contributed by atoms with Gasteiger partial charge >= 0.3 is 0 Å². The van der Waals surface area contributed by atoms with Crippen LogP contribution in [-0.2, 0) is 16.1 Å². The van der Waals surface area contributed by atoms with Crippen LogP contribution in [0.1, 0.15) is 33.3 Å². The second kappa shape index (κ2) is 8.52. The number of nitrogens with one attached hydrogen (secondary N) is 1. The highest BCUT2D eigenvalue weighted by atomic mass is 16.5. The molecular weight excluding hydrogens is 328 g/mol. The van der Waals surface area contributed by atoms with Crippen molar-refractivity contribution in [2.24, 2.45) is 0 Å². The van der Waals surface area contributed by atoms with Crippen molar-refractivity contribution in [1.29, 1.82) is 0 Å². The van der Waals surface area contributed by atoms with Crippen LogP contribution in [-0.4, -0.2) is 28.9 Å². The average Bonchev–Trinajstić information content (AvgIpc) is 2.58. The Morgan fingerprint density at radius 2 is 1.62 bits per heavy atom. The maximum atomic E-state index is 12.7. The maximum Gasteiger partial charge on any atom is 0.261 e. The number of hydrogen-bond acceptors (Lipinski definition) is 3. The van der Waals surface area contributed by atoms with E-state index in [0.29, 0.717) is 18.0 Å². The first kappa shape index (κ1) is 19.5. The fraction of sp³-hybridized carbons (Fsp3) is 0.333. The second-order valence-corrected chi connectivity index (χ2v) is 7.13. The van der Waals surface area contributed by atoms with Crippen LogP contribution in [0.3, 0.4) is 0 Å². The van der Waals surface area contributed by atoms with Crippen LogP contribution in [0.5, 0.6) is 5.75 Å². The molecule has 0 bridgehead atoms. The van der Waals surface area contributed by atoms with Gasteiger partial charge in [-0.2, -0.15) is 0 Å². The number of carbonyl (C=O) groups is 2. The standard InChI is InChI=1S/C21H26N2O3/c1-16(24)22-18-10-12-19(13-11-18)26-15-20(25)23(21(2,3)4)14-17-8-6-5-7-9-17/h5-13H,14-15H2,1-4H3,(H,22,24). The Bertz CT molecular complexity index is 734. The number of anilines is 1. The summed E-state index contributed by atoms with van der Waals surface area (Å²) in [6, 6.07) is 16.9. The summed E-state index contributed by atoms with van der Waals surface area (Å²) >= 11 is 0. The van der Waals surface area contributed by atoms with Gasteiger partial charge in [0, 0.05) is 24.7 Å². The van der Waals surface area contributed by atoms with Crippen molar-refractivity contribution >= 4 is 17.5 Å². The minimum Gasteiger partial charge on any atom is -0.484 e. The van der Waals surface area contributed by atoms with E-state index >= 15 is 0 Å². The molecule has 0 aliphatic heterocycles. The van der Waals surface area contributed by atoms with Crippen LogP contribution < -0.4 is 10.1 Å². The first-order valence-corrected chi connectivity index (χ1v) is 8.60. The van der Waals surface area contributed by atoms with Crippen LogP contribution in [0.4, 0.5) is 5.69 Å². The first-order valence-electron chi connectivity index (χ1n) is 8.60. The minimum absolute atomic E-state index is 0.0381. The molecule has 0 aliphatic rings. The molecule has 5 nitrogen and oxygen atoms in total. The number of amides is 2. The van der Waals surface area contributed by atoms with Crippen LogP contribution in [0.2, 0.25) is 0 Å². The summed E-state index contributed by atoms with van der Waals surface area (Å²) in [6.07, 6.45) is 0. The molecule has 138 valence electrons. The van der Waals surface area contributed by atoms with Crippen molar-refractivity contribution in [3.63, 3.8) is 0 Å². The Morgan fingerprint density at radius 3 is 2.15 bits per heavy atom. The lowest BCUT2D eigenvalue weighted by molar-refractivity contribution is -0.139. The van der Waals surface area contributed by atoms with Gasteiger partial charge in [0.2, 0.25) is 5.91 Å². The third kappa shape index (κ3) is 5.92. The molecule has 2 rings (SSSR count). The summed E-state index contributed by atoms with van der Waals surface area (Å²) in [5.74, 6) is 0.379. The largest absolute Gasteiger partial charge is 0.484 e. The van der Waals surface area contributed by atoms with Crippen LogP contribution in [0.25, 0.3) is 0 Å². The van der Waals surface area contributed by atoms with E-state index in [-0.39, 0.29) is 24.0 Å². The van der Waals surface area contributed by atoms with Crippen molar-refractivity contribution < 1.29 is 14.3 Å². The molecule has 26 heavy (non-hydrogen) atoms. The molecule has 0 saturated carbocycles. The third-order valence-corrected chi connectivity index (χ3v) is 3.83. The van der Waals surface area contributed by atoms with Crippen molar-refractivity contribution in [3.05, 3.63) is 60.2 Å². The van der Waals surface area contributed by atoms with Gasteiger partial charge in [-0.1, -0.05) is 30.3 Å². The van der Waals surface area contributed by atoms with Gasteiger partial charge in [0.05, 0.1) is 0 Å². The van der Waals surface area contributed by atoms with Crippen LogP contribution in [0, 0.1) is 0 Å². The lowest BCUT2D eigenvalue weighted by Crippen LogP contribution is -2.47. The Hall–Kier alpha value is -2.82. The molecule has 0 saturated heterocycles. The normalized spacial score (nSPS) is 10.9. The van der Waals surface area contributed by atoms with E-state index in [1.165, 1.54) is 6.92 Å². The SMILES string of the molecule is CC(=O)Nc1ccc(OCC(=O)N(Cc2ccccc2)C(C)(C)C)cc1. The van der Waals surface area contributed by atoms with Gasteiger partial charge in [0.1, 0.15) is 5.75 Å². The van der Waals surface area contributed by atoms with Gasteiger partial charge in [0.15, 0.2) is 6.61 Å². The number of hydrogen-bond donors (Lipinski definition) is 1. The van der Waals surface area contributed by atoms with E-state index in [1.54, 1.807) is 24.3 Å². The lowest BCUT2D eigenvalue weighted by Gasteiger charge is -2.35. The topological polar surface area (TPSA) is 58.6 Å². The molecule has 0 spiro atoms. The van der Waals surface area contributed by atoms with E-state index in [0.717, 1.165) is 5.56 Å². The zero-order chi connectivity index (χ0) is 19.2. The summed E-state index contributed by atoms with van der Waals surface area (Å²) in [7, 11) is 0. The highest BCUT2D eigenvalue weighted by Crippen LogP contribution is 2.19. The number of ether oxygens (including phenoxy) is 1. The molecule has 2 aromatic carbocycles. The van der Waals surface area contributed by atoms with Gasteiger partial charge in [-0.3, -0.25) is 9.59 Å². The second-order valence-electron chi connectivity index (χ2n) is 7.13. The van der Waals surface area contributed by atoms with Crippen molar-refractivity contribution in [3.8, 4) is 5.75 Å². The van der Waals surface area contributed by atoms with E-state index in [4.69, 9.17) is 4.74 Å². The summed E-state index contributed by atoms with van der Waals surface area (Å²) in [6.45, 7) is 7.98. The van der Waals surface area contributed by atoms with Crippen LogP contribution in [0.15, 0.2) is 54.6 Å². The molecule has 0 aromatic heterocycles. The molecule has 0 radical (unpaired) electrons. The highest BCUT2D eigenvalue weighted by Gasteiger charge is 2.26. The number of nitrogens with zero attached hydrogens (tertiary/aromatic N) is 1. The Labute approximate surface area is 155 Å². The van der Waals surface area contributed by atoms with Gasteiger partial charge in [0.25, 0.3) is 5.91 Å². The smallest absolute Gasteiger partial charge is 0.261 e. The quantitative estimate of drug-likeness (QED) is 0.857. The zero-order valence-corrected chi connectivity index (χ0v) is 15.8. The highest BCUT2D eigenvalue weighted by molar-refractivity contribution is 5.88. The Kier molecular flexibility index (Phi) is 6.39. The lowest BCUT2D eigenvalue weighted by atomic mass is 10.0. The van der Waals surface area contributed by atoms with Gasteiger partial charge in [-0.25, -0.2) is 0 Å². The molecule has 2 aromatic rings. The molecule has 0 aliphatic carbocycles. The fourth-order valence-electron chi connectivity index (χ4n) is 2.53. The molecule has 1 N–H and O–H groups in total. The fourth-order valence-corrected chi connectivity index (χ4v) is 2.53. The predicted octanol–water partition coefficient (Wildman–Crippen LogP) is 3.85. The molecule has 5 heteroatoms. The molecular formula is C21H26N2O3. The number of benzene rings is 2. The van der Waals surface area contributed by atoms with Gasteiger partial charge in [-0.15, -0.1) is 0 Å². The summed E-state index contributed by atoms with van der Waals surface area (Å²) in [4.78, 5) is 25.6. The predicted molar refractivity (Wildman–Crippen MR) is 103 cm³/mol. The summed E-state index contributed by atoms with van der Waals surface area (Å²) in [5.41, 5.74) is 1.46. The van der Waals surface area contributed by atoms with Crippen molar-refractivity contribution in [2.45, 2.75) is 39.8 Å². The Balaban J connectivity index is 1.99. The van der Waals surface area contributed by atoms with Gasteiger partial charge in [-0.05, 0) is 50.6 Å². The Morgan fingerprint density at radius 1 is 1.00 bits per heavy atom. The van der Waals surface area contributed by atoms with Crippen molar-refractivity contribution in [2.75, 3.05) is 11.9 Å². The first-order chi connectivity index (χ1) is 12.3. The molecule has 0 atom stereocenters. The number of rotatable bonds is 6. The van der Waals surface area contributed by atoms with E-state index in [2.05, 4.69) is 5.32 Å². The van der Waals surface area contributed by atoms with Crippen molar-refractivity contribution in [1.82, 2.24) is 4.90 Å². The molecule has 0 unspecified atom stereocenters. The zero-order valence-electron chi connectivity index (χ0n) is 15.8. The maximum absolute atomic E-state index is 12.7. The summed E-state index contributed by atoms with van der Waals surface area (Å²) < 4.78 is 5.64. The molecule has 0 heterocycles. The van der Waals surface area contributed by atoms with E-state index < -0.39 is 0 Å².